The van der Waals surface area contributed by atoms with Gasteiger partial charge in [0.1, 0.15) is 11.9 Å². The first-order valence-electron chi connectivity index (χ1n) is 12.2. The number of benzene rings is 1. The Morgan fingerprint density at radius 3 is 2.97 bits per heavy atom. The van der Waals surface area contributed by atoms with Crippen molar-refractivity contribution in [3.8, 4) is 5.75 Å². The number of nitrogens with zero attached hydrogens (tertiary/aromatic N) is 1. The number of carbonyl (C=O) groups excluding carboxylic acids is 3. The number of ether oxygens (including phenoxy) is 3. The molecule has 1 aromatic carbocycles. The fourth-order valence-electron chi connectivity index (χ4n) is 4.25. The minimum atomic E-state index is -0.993. The lowest BCUT2D eigenvalue weighted by atomic mass is 9.97. The smallest absolute Gasteiger partial charge is 0.410 e. The molecule has 3 aliphatic rings. The van der Waals surface area contributed by atoms with E-state index in [0.29, 0.717) is 42.9 Å². The van der Waals surface area contributed by atoms with Gasteiger partial charge in [-0.1, -0.05) is 13.0 Å². The molecule has 10 nitrogen and oxygen atoms in total. The summed E-state index contributed by atoms with van der Waals surface area (Å²) in [5, 5.41) is 2.94. The number of likely N-dealkylation sites (tertiary alicyclic amines) is 1. The summed E-state index contributed by atoms with van der Waals surface area (Å²) >= 11 is 0. The van der Waals surface area contributed by atoms with Gasteiger partial charge in [-0.25, -0.2) is 15.1 Å². The van der Waals surface area contributed by atoms with Crippen molar-refractivity contribution in [2.24, 2.45) is 0 Å². The molecular formula is C25H33N3O7. The van der Waals surface area contributed by atoms with E-state index in [1.54, 1.807) is 29.2 Å². The van der Waals surface area contributed by atoms with Crippen molar-refractivity contribution in [1.82, 2.24) is 15.7 Å². The minimum Gasteiger partial charge on any atom is -0.465 e. The number of fused-ring (bicyclic) bond motifs is 1. The number of nitrogens with one attached hydrogen (secondary N) is 2. The number of piperidine rings is 1. The van der Waals surface area contributed by atoms with E-state index in [1.807, 2.05) is 13.8 Å². The summed E-state index contributed by atoms with van der Waals surface area (Å²) in [6.07, 6.45) is 6.63. The van der Waals surface area contributed by atoms with Gasteiger partial charge in [-0.3, -0.25) is 9.59 Å². The van der Waals surface area contributed by atoms with Gasteiger partial charge < -0.3 is 24.4 Å². The molecule has 3 atom stereocenters. The van der Waals surface area contributed by atoms with Crippen LogP contribution < -0.4 is 15.5 Å². The van der Waals surface area contributed by atoms with Crippen LogP contribution in [0.2, 0.25) is 0 Å². The summed E-state index contributed by atoms with van der Waals surface area (Å²) in [4.78, 5) is 44.4. The molecular weight excluding hydrogens is 454 g/mol. The lowest BCUT2D eigenvalue weighted by molar-refractivity contribution is -0.198. The van der Waals surface area contributed by atoms with Gasteiger partial charge in [-0.2, -0.15) is 0 Å². The molecule has 3 amide bonds. The van der Waals surface area contributed by atoms with Crippen LogP contribution in [0.3, 0.4) is 0 Å². The lowest BCUT2D eigenvalue weighted by Crippen LogP contribution is -2.65. The van der Waals surface area contributed by atoms with Crippen LogP contribution in [0.1, 0.15) is 68.3 Å². The van der Waals surface area contributed by atoms with Crippen molar-refractivity contribution in [2.45, 2.75) is 70.5 Å². The van der Waals surface area contributed by atoms with Gasteiger partial charge in [0.05, 0.1) is 12.1 Å². The van der Waals surface area contributed by atoms with Crippen LogP contribution in [-0.4, -0.2) is 60.6 Å². The zero-order valence-electron chi connectivity index (χ0n) is 20.2. The Kier molecular flexibility index (Phi) is 7.92. The molecule has 4 rings (SSSR count). The van der Waals surface area contributed by atoms with E-state index in [0.717, 1.165) is 25.7 Å². The van der Waals surface area contributed by atoms with E-state index >= 15 is 0 Å². The Morgan fingerprint density at radius 2 is 2.20 bits per heavy atom. The van der Waals surface area contributed by atoms with Crippen LogP contribution in [0.15, 0.2) is 24.3 Å². The normalized spacial score (nSPS) is 24.9. The van der Waals surface area contributed by atoms with Crippen molar-refractivity contribution >= 4 is 24.0 Å². The summed E-state index contributed by atoms with van der Waals surface area (Å²) in [5.74, 6) is -0.283. The molecule has 0 aliphatic carbocycles. The summed E-state index contributed by atoms with van der Waals surface area (Å²) in [6, 6.07) is 5.12. The fraction of sp³-hybridized carbons (Fsp3) is 0.560. The second-order valence-electron chi connectivity index (χ2n) is 9.15. The SMILES string of the molecule is CCC(C)OC(=O)N1CCCC2(C1)NC(=O)c1cc(/C=C/C(=O)NOC3CCCCO3)ccc1O2. The summed E-state index contributed by atoms with van der Waals surface area (Å²) in [5.41, 5.74) is 2.39. The van der Waals surface area contributed by atoms with Gasteiger partial charge in [-0.15, -0.1) is 0 Å². The molecule has 2 N–H and O–H groups in total. The molecule has 0 bridgehead atoms. The maximum atomic E-state index is 13.0. The Balaban J connectivity index is 1.37. The molecule has 3 heterocycles. The summed E-state index contributed by atoms with van der Waals surface area (Å²) < 4.78 is 17.1. The fourth-order valence-corrected chi connectivity index (χ4v) is 4.25. The molecule has 2 saturated heterocycles. The standard InChI is InChI=1S/C25H33N3O7/c1-3-17(2)33-24(31)28-13-6-12-25(16-28)26-23(30)19-15-18(8-10-20(19)34-25)9-11-21(29)27-35-22-7-4-5-14-32-22/h8-11,15,17,22H,3-7,12-14,16H2,1-2H3,(H,26,30)(H,27,29)/b11-9+. The van der Waals surface area contributed by atoms with Gasteiger partial charge >= 0.3 is 6.09 Å². The second kappa shape index (κ2) is 11.1. The highest BCUT2D eigenvalue weighted by molar-refractivity contribution is 5.99. The van der Waals surface area contributed by atoms with Gasteiger partial charge in [0.25, 0.3) is 11.8 Å². The quantitative estimate of drug-likeness (QED) is 0.468. The Bertz CT molecular complexity index is 976. The average Bonchev–Trinajstić information content (AvgIpc) is 2.87. The first-order chi connectivity index (χ1) is 16.9. The Labute approximate surface area is 204 Å². The van der Waals surface area contributed by atoms with E-state index in [9.17, 15) is 14.4 Å². The van der Waals surface area contributed by atoms with Gasteiger partial charge in [0, 0.05) is 32.1 Å². The van der Waals surface area contributed by atoms with Crippen molar-refractivity contribution in [1.29, 1.82) is 0 Å². The molecule has 1 spiro atoms. The van der Waals surface area contributed by atoms with E-state index in [-0.39, 0.29) is 18.6 Å². The van der Waals surface area contributed by atoms with Crippen LogP contribution in [0, 0.1) is 0 Å². The maximum Gasteiger partial charge on any atom is 0.410 e. The highest BCUT2D eigenvalue weighted by atomic mass is 16.8. The predicted octanol–water partition coefficient (Wildman–Crippen LogP) is 3.12. The third kappa shape index (κ3) is 6.32. The number of hydrogen-bond acceptors (Lipinski definition) is 7. The zero-order chi connectivity index (χ0) is 24.8. The highest BCUT2D eigenvalue weighted by Crippen LogP contribution is 2.33. The van der Waals surface area contributed by atoms with Gasteiger partial charge in [0.2, 0.25) is 5.72 Å². The number of carbonyl (C=O) groups is 3. The third-order valence-corrected chi connectivity index (χ3v) is 6.34. The Hall–Kier alpha value is -3.11. The zero-order valence-corrected chi connectivity index (χ0v) is 20.2. The van der Waals surface area contributed by atoms with Crippen LogP contribution in [0.5, 0.6) is 5.75 Å². The number of hydroxylamine groups is 1. The number of rotatable bonds is 6. The topological polar surface area (TPSA) is 115 Å². The van der Waals surface area contributed by atoms with Crippen LogP contribution >= 0.6 is 0 Å². The average molecular weight is 488 g/mol. The first kappa shape index (κ1) is 25.0. The monoisotopic (exact) mass is 487 g/mol. The summed E-state index contributed by atoms with van der Waals surface area (Å²) in [6.45, 7) is 5.18. The molecule has 0 aromatic heterocycles. The molecule has 35 heavy (non-hydrogen) atoms. The van der Waals surface area contributed by atoms with Crippen LogP contribution in [0.25, 0.3) is 6.08 Å². The predicted molar refractivity (Wildman–Crippen MR) is 126 cm³/mol. The molecule has 0 saturated carbocycles. The van der Waals surface area contributed by atoms with Crippen molar-refractivity contribution in [3.05, 3.63) is 35.4 Å². The molecule has 3 aliphatic heterocycles. The molecule has 10 heteroatoms. The molecule has 2 fully saturated rings. The van der Waals surface area contributed by atoms with E-state index in [1.165, 1.54) is 6.08 Å². The van der Waals surface area contributed by atoms with E-state index < -0.39 is 24.0 Å². The largest absolute Gasteiger partial charge is 0.465 e. The highest BCUT2D eigenvalue weighted by Gasteiger charge is 2.45. The number of amides is 3. The first-order valence-corrected chi connectivity index (χ1v) is 12.2. The minimum absolute atomic E-state index is 0.177. The molecule has 0 radical (unpaired) electrons. The molecule has 190 valence electrons. The summed E-state index contributed by atoms with van der Waals surface area (Å²) in [7, 11) is 0. The van der Waals surface area contributed by atoms with E-state index in [2.05, 4.69) is 10.8 Å². The van der Waals surface area contributed by atoms with Crippen LogP contribution in [0.4, 0.5) is 4.79 Å². The van der Waals surface area contributed by atoms with Gasteiger partial charge in [-0.05, 0) is 56.4 Å². The van der Waals surface area contributed by atoms with Crippen molar-refractivity contribution in [3.63, 3.8) is 0 Å². The number of hydrogen-bond donors (Lipinski definition) is 2. The molecule has 1 aromatic rings. The van der Waals surface area contributed by atoms with E-state index in [4.69, 9.17) is 19.0 Å². The lowest BCUT2D eigenvalue weighted by Gasteiger charge is -2.45. The third-order valence-electron chi connectivity index (χ3n) is 6.34. The van der Waals surface area contributed by atoms with Crippen molar-refractivity contribution in [2.75, 3.05) is 19.7 Å². The molecule has 3 unspecified atom stereocenters. The van der Waals surface area contributed by atoms with Crippen LogP contribution in [-0.2, 0) is 19.1 Å². The van der Waals surface area contributed by atoms with Crippen molar-refractivity contribution < 1.29 is 33.4 Å². The maximum absolute atomic E-state index is 13.0. The Morgan fingerprint density at radius 1 is 1.34 bits per heavy atom. The van der Waals surface area contributed by atoms with Gasteiger partial charge in [0.15, 0.2) is 6.29 Å². The second-order valence-corrected chi connectivity index (χ2v) is 9.15.